The lowest BCUT2D eigenvalue weighted by Gasteiger charge is -2.36. The van der Waals surface area contributed by atoms with Crippen LogP contribution in [0.5, 0.6) is 0 Å². The third-order valence-electron chi connectivity index (χ3n) is 3.73. The summed E-state index contributed by atoms with van der Waals surface area (Å²) >= 11 is 1.67. The van der Waals surface area contributed by atoms with Crippen molar-refractivity contribution in [1.29, 1.82) is 0 Å². The van der Waals surface area contributed by atoms with Gasteiger partial charge >= 0.3 is 0 Å². The smallest absolute Gasteiger partial charge is 0.192 e. The first-order chi connectivity index (χ1) is 8.04. The van der Waals surface area contributed by atoms with Crippen molar-refractivity contribution in [2.24, 2.45) is 0 Å². The topological polar surface area (TPSA) is 26.3 Å². The Hall–Kier alpha value is -0.453. The van der Waals surface area contributed by atoms with Crippen molar-refractivity contribution in [2.75, 3.05) is 0 Å². The predicted molar refractivity (Wildman–Crippen MR) is 81.0 cm³/mol. The molecule has 0 N–H and O–H groups in total. The van der Waals surface area contributed by atoms with Crippen LogP contribution in [0.2, 0.25) is 18.1 Å². The van der Waals surface area contributed by atoms with Crippen LogP contribution in [-0.2, 0) is 11.0 Å². The third-order valence-corrected chi connectivity index (χ3v) is 9.23. The van der Waals surface area contributed by atoms with Crippen molar-refractivity contribution < 1.29 is 9.22 Å². The summed E-state index contributed by atoms with van der Waals surface area (Å²) in [5, 5.41) is 0.225. The van der Waals surface area contributed by atoms with E-state index < -0.39 is 8.32 Å². The Kier molecular flexibility index (Phi) is 4.57. The molecule has 0 saturated carbocycles. The number of hydrogen-bond donors (Lipinski definition) is 0. The second-order valence-corrected chi connectivity index (χ2v) is 12.4. The van der Waals surface area contributed by atoms with Crippen molar-refractivity contribution in [3.63, 3.8) is 0 Å². The molecule has 0 unspecified atom stereocenters. The van der Waals surface area contributed by atoms with E-state index in [-0.39, 0.29) is 10.8 Å². The molecule has 0 radical (unpaired) electrons. The maximum absolute atomic E-state index is 11.4. The van der Waals surface area contributed by atoms with E-state index in [2.05, 4.69) is 33.9 Å². The standard InChI is InChI=1S/C14H24O2SSi/c1-10(15)13-8-12(17-11(13)2)9-16-18(6,7)14(3,4)5/h8H,9H2,1-7H3. The van der Waals surface area contributed by atoms with Crippen molar-refractivity contribution in [3.05, 3.63) is 21.4 Å². The number of hydrogen-bond acceptors (Lipinski definition) is 3. The van der Waals surface area contributed by atoms with Gasteiger partial charge in [0.25, 0.3) is 0 Å². The minimum Gasteiger partial charge on any atom is -0.412 e. The molecule has 1 aromatic heterocycles. The summed E-state index contributed by atoms with van der Waals surface area (Å²) in [6.07, 6.45) is 0. The molecule has 0 aliphatic rings. The number of carbonyl (C=O) groups excluding carboxylic acids is 1. The van der Waals surface area contributed by atoms with Gasteiger partial charge in [-0.3, -0.25) is 4.79 Å². The zero-order chi connectivity index (χ0) is 14.1. The van der Waals surface area contributed by atoms with E-state index >= 15 is 0 Å². The number of ketones is 1. The van der Waals surface area contributed by atoms with Crippen LogP contribution in [0.25, 0.3) is 0 Å². The summed E-state index contributed by atoms with van der Waals surface area (Å²) in [6.45, 7) is 15.5. The van der Waals surface area contributed by atoms with Gasteiger partial charge in [-0.2, -0.15) is 0 Å². The molecule has 18 heavy (non-hydrogen) atoms. The van der Waals surface area contributed by atoms with Crippen LogP contribution in [0.15, 0.2) is 6.07 Å². The first-order valence-electron chi connectivity index (χ1n) is 6.29. The molecule has 0 aliphatic heterocycles. The highest BCUT2D eigenvalue weighted by Crippen LogP contribution is 2.37. The van der Waals surface area contributed by atoms with E-state index in [1.807, 2.05) is 13.0 Å². The summed E-state index contributed by atoms with van der Waals surface area (Å²) < 4.78 is 6.17. The molecule has 0 aromatic carbocycles. The van der Waals surface area contributed by atoms with E-state index in [0.717, 1.165) is 15.3 Å². The largest absolute Gasteiger partial charge is 0.412 e. The lowest BCUT2D eigenvalue weighted by molar-refractivity contribution is 0.101. The van der Waals surface area contributed by atoms with E-state index in [4.69, 9.17) is 4.43 Å². The van der Waals surface area contributed by atoms with Crippen LogP contribution in [0.1, 0.15) is 47.8 Å². The fourth-order valence-corrected chi connectivity index (χ4v) is 3.49. The van der Waals surface area contributed by atoms with Crippen LogP contribution < -0.4 is 0 Å². The van der Waals surface area contributed by atoms with Gasteiger partial charge in [-0.1, -0.05) is 20.8 Å². The number of carbonyl (C=O) groups is 1. The average molecular weight is 284 g/mol. The Balaban J connectivity index is 2.76. The van der Waals surface area contributed by atoms with Crippen molar-refractivity contribution >= 4 is 25.4 Å². The Morgan fingerprint density at radius 2 is 1.94 bits per heavy atom. The molecular weight excluding hydrogens is 260 g/mol. The lowest BCUT2D eigenvalue weighted by atomic mass is 10.2. The lowest BCUT2D eigenvalue weighted by Crippen LogP contribution is -2.40. The van der Waals surface area contributed by atoms with Crippen LogP contribution in [0.4, 0.5) is 0 Å². The summed E-state index contributed by atoms with van der Waals surface area (Å²) in [4.78, 5) is 13.7. The number of Topliss-reactive ketones (excluding diaryl/α,β-unsaturated/α-hetero) is 1. The second-order valence-electron chi connectivity index (χ2n) is 6.29. The summed E-state index contributed by atoms with van der Waals surface area (Å²) in [7, 11) is -1.70. The summed E-state index contributed by atoms with van der Waals surface area (Å²) in [6, 6.07) is 1.98. The van der Waals surface area contributed by atoms with Crippen LogP contribution in [0.3, 0.4) is 0 Å². The molecule has 0 aliphatic carbocycles. The fourth-order valence-electron chi connectivity index (χ4n) is 1.43. The Bertz CT molecular complexity index is 441. The van der Waals surface area contributed by atoms with Gasteiger partial charge in [0.2, 0.25) is 0 Å². The molecule has 0 spiro atoms. The molecule has 0 bridgehead atoms. The Morgan fingerprint density at radius 1 is 1.39 bits per heavy atom. The van der Waals surface area contributed by atoms with E-state index in [0.29, 0.717) is 6.61 Å². The molecule has 0 fully saturated rings. The van der Waals surface area contributed by atoms with Crippen molar-refractivity contribution in [2.45, 2.75) is 59.4 Å². The quantitative estimate of drug-likeness (QED) is 0.587. The third kappa shape index (κ3) is 3.53. The average Bonchev–Trinajstić information content (AvgIpc) is 2.55. The molecule has 2 nitrogen and oxygen atoms in total. The monoisotopic (exact) mass is 284 g/mol. The van der Waals surface area contributed by atoms with Gasteiger partial charge < -0.3 is 4.43 Å². The molecule has 1 aromatic rings. The molecule has 1 heterocycles. The van der Waals surface area contributed by atoms with E-state index in [1.54, 1.807) is 18.3 Å². The van der Waals surface area contributed by atoms with Gasteiger partial charge in [-0.25, -0.2) is 0 Å². The Morgan fingerprint density at radius 3 is 2.33 bits per heavy atom. The second kappa shape index (κ2) is 5.27. The highest BCUT2D eigenvalue weighted by Gasteiger charge is 2.37. The SMILES string of the molecule is CC(=O)c1cc(CO[Si](C)(C)C(C)(C)C)sc1C. The van der Waals surface area contributed by atoms with Gasteiger partial charge in [0.15, 0.2) is 14.1 Å². The van der Waals surface area contributed by atoms with Crippen LogP contribution in [-0.4, -0.2) is 14.1 Å². The van der Waals surface area contributed by atoms with Crippen molar-refractivity contribution in [3.8, 4) is 0 Å². The first-order valence-corrected chi connectivity index (χ1v) is 10.0. The molecule has 1 rings (SSSR count). The molecule has 0 amide bonds. The minimum atomic E-state index is -1.70. The molecule has 4 heteroatoms. The van der Waals surface area contributed by atoms with Gasteiger partial charge in [-0.15, -0.1) is 11.3 Å². The summed E-state index contributed by atoms with van der Waals surface area (Å²) in [5.74, 6) is 0.141. The van der Waals surface area contributed by atoms with Gasteiger partial charge in [-0.05, 0) is 38.0 Å². The summed E-state index contributed by atoms with van der Waals surface area (Å²) in [5.41, 5.74) is 0.842. The normalized spacial score (nSPS) is 12.8. The minimum absolute atomic E-state index is 0.141. The predicted octanol–water partition coefficient (Wildman–Crippen LogP) is 4.78. The fraction of sp³-hybridized carbons (Fsp3) is 0.643. The highest BCUT2D eigenvalue weighted by molar-refractivity contribution is 7.12. The number of thiophene rings is 1. The van der Waals surface area contributed by atoms with Gasteiger partial charge in [0.05, 0.1) is 6.61 Å². The highest BCUT2D eigenvalue weighted by atomic mass is 32.1. The molecule has 0 atom stereocenters. The maximum Gasteiger partial charge on any atom is 0.192 e. The first kappa shape index (κ1) is 15.6. The molecule has 0 saturated heterocycles. The maximum atomic E-state index is 11.4. The number of rotatable bonds is 4. The zero-order valence-electron chi connectivity index (χ0n) is 12.5. The van der Waals surface area contributed by atoms with Crippen molar-refractivity contribution in [1.82, 2.24) is 0 Å². The van der Waals surface area contributed by atoms with E-state index in [9.17, 15) is 4.79 Å². The van der Waals surface area contributed by atoms with Crippen LogP contribution >= 0.6 is 11.3 Å². The van der Waals surface area contributed by atoms with E-state index in [1.165, 1.54) is 0 Å². The molecular formula is C14H24O2SSi. The Labute approximate surface area is 116 Å². The van der Waals surface area contributed by atoms with Crippen LogP contribution in [0, 0.1) is 6.92 Å². The van der Waals surface area contributed by atoms with Gasteiger partial charge in [0, 0.05) is 15.3 Å². The number of aryl methyl sites for hydroxylation is 1. The molecule has 102 valence electrons. The zero-order valence-corrected chi connectivity index (χ0v) is 14.3. The van der Waals surface area contributed by atoms with Gasteiger partial charge in [0.1, 0.15) is 0 Å².